The van der Waals surface area contributed by atoms with Crippen LogP contribution >= 0.6 is 0 Å². The summed E-state index contributed by atoms with van der Waals surface area (Å²) in [7, 11) is -4.04. The van der Waals surface area contributed by atoms with Crippen molar-refractivity contribution < 1.29 is 44.4 Å². The molecule has 14 heteroatoms. The normalized spacial score (nSPS) is 11.4. The van der Waals surface area contributed by atoms with Crippen LogP contribution in [0.2, 0.25) is 0 Å². The second-order valence-electron chi connectivity index (χ2n) is 6.59. The van der Waals surface area contributed by atoms with E-state index in [0.717, 1.165) is 12.1 Å². The molecule has 0 aliphatic rings. The second-order valence-corrected chi connectivity index (χ2v) is 8.27. The average Bonchev–Trinajstić information content (AvgIpc) is 3.08. The zero-order chi connectivity index (χ0) is 24.5. The third-order valence-corrected chi connectivity index (χ3v) is 5.70. The van der Waals surface area contributed by atoms with E-state index < -0.39 is 57.4 Å². The first-order valence-electron chi connectivity index (χ1n) is 8.92. The lowest BCUT2D eigenvalue weighted by atomic mass is 10.2. The summed E-state index contributed by atoms with van der Waals surface area (Å²) in [5.41, 5.74) is 1.06. The summed E-state index contributed by atoms with van der Waals surface area (Å²) in [6, 6.07) is 4.68. The summed E-state index contributed by atoms with van der Waals surface area (Å²) in [5, 5.41) is 5.85. The van der Waals surface area contributed by atoms with Crippen molar-refractivity contribution in [3.8, 4) is 5.75 Å². The molecule has 33 heavy (non-hydrogen) atoms. The molecule has 176 valence electrons. The zero-order valence-corrected chi connectivity index (χ0v) is 17.6. The molecule has 0 saturated heterocycles. The molecule has 0 aliphatic heterocycles. The maximum atomic E-state index is 13.6. The quantitative estimate of drug-likeness (QED) is 0.296. The highest BCUT2D eigenvalue weighted by Crippen LogP contribution is 2.29. The van der Waals surface area contributed by atoms with Gasteiger partial charge in [-0.15, -0.1) is 0 Å². The molecule has 0 bridgehead atoms. The van der Waals surface area contributed by atoms with E-state index in [4.69, 9.17) is 4.52 Å². The van der Waals surface area contributed by atoms with E-state index in [1.54, 1.807) is 13.8 Å². The Bertz CT molecular complexity index is 1300. The number of hydrogen-bond acceptors (Lipinski definition) is 6. The highest BCUT2D eigenvalue weighted by molar-refractivity contribution is 7.92. The Labute approximate surface area is 183 Å². The van der Waals surface area contributed by atoms with Crippen molar-refractivity contribution in [3.63, 3.8) is 0 Å². The van der Waals surface area contributed by atoms with Crippen LogP contribution in [0, 0.1) is 42.9 Å². The number of carbonyl (C=O) groups is 1. The lowest BCUT2D eigenvalue weighted by Crippen LogP contribution is -2.21. The van der Waals surface area contributed by atoms with Gasteiger partial charge in [-0.2, -0.15) is 8.78 Å². The number of ether oxygens (including phenoxy) is 1. The molecule has 3 rings (SSSR count). The molecule has 0 saturated carbocycles. The topological polar surface area (TPSA) is 111 Å². The Hall–Kier alpha value is -3.68. The van der Waals surface area contributed by atoms with Crippen molar-refractivity contribution in [2.75, 3.05) is 16.6 Å². The number of aryl methyl sites for hydroxylation is 1. The van der Waals surface area contributed by atoms with Crippen LogP contribution in [-0.4, -0.2) is 26.1 Å². The number of carbonyl (C=O) groups excluding carboxylic acids is 1. The summed E-state index contributed by atoms with van der Waals surface area (Å²) < 4.78 is 103. The summed E-state index contributed by atoms with van der Waals surface area (Å²) in [4.78, 5) is 11.7. The largest absolute Gasteiger partial charge is 0.477 e. The number of nitrogens with zero attached hydrogens (tertiary/aromatic N) is 1. The van der Waals surface area contributed by atoms with E-state index in [2.05, 4.69) is 19.9 Å². The van der Waals surface area contributed by atoms with Gasteiger partial charge in [0.15, 0.2) is 12.4 Å². The summed E-state index contributed by atoms with van der Waals surface area (Å²) in [5.74, 6) is -13.9. The average molecular weight is 491 g/mol. The fourth-order valence-corrected chi connectivity index (χ4v) is 3.50. The van der Waals surface area contributed by atoms with E-state index in [-0.39, 0.29) is 16.5 Å². The number of nitrogens with one attached hydrogen (secondary N) is 2. The van der Waals surface area contributed by atoms with Crippen molar-refractivity contribution in [3.05, 3.63) is 64.6 Å². The van der Waals surface area contributed by atoms with Gasteiger partial charge in [-0.3, -0.25) is 4.79 Å². The number of benzene rings is 2. The first kappa shape index (κ1) is 24.0. The van der Waals surface area contributed by atoms with E-state index in [9.17, 15) is 35.2 Å². The lowest BCUT2D eigenvalue weighted by Gasteiger charge is -2.11. The zero-order valence-electron chi connectivity index (χ0n) is 16.8. The summed E-state index contributed by atoms with van der Waals surface area (Å²) >= 11 is 0. The molecule has 3 aromatic rings. The minimum Gasteiger partial charge on any atom is -0.477 e. The van der Waals surface area contributed by atoms with E-state index in [0.29, 0.717) is 11.3 Å². The molecular formula is C19H14F5N3O5S. The number of amides is 1. The first-order valence-corrected chi connectivity index (χ1v) is 10.4. The molecular weight excluding hydrogens is 477 g/mol. The van der Waals surface area contributed by atoms with Crippen LogP contribution in [-0.2, 0) is 14.8 Å². The van der Waals surface area contributed by atoms with Gasteiger partial charge in [0.1, 0.15) is 0 Å². The Kier molecular flexibility index (Phi) is 6.58. The van der Waals surface area contributed by atoms with Gasteiger partial charge in [0.05, 0.1) is 10.6 Å². The smallest absolute Gasteiger partial charge is 0.264 e. The fourth-order valence-electron chi connectivity index (χ4n) is 2.46. The van der Waals surface area contributed by atoms with E-state index >= 15 is 0 Å². The van der Waals surface area contributed by atoms with Gasteiger partial charge in [0, 0.05) is 11.3 Å². The van der Waals surface area contributed by atoms with Gasteiger partial charge >= 0.3 is 0 Å². The molecule has 2 aromatic carbocycles. The van der Waals surface area contributed by atoms with Crippen molar-refractivity contribution in [2.45, 2.75) is 18.7 Å². The van der Waals surface area contributed by atoms with Crippen LogP contribution in [0.4, 0.5) is 33.5 Å². The fraction of sp³-hybridized carbons (Fsp3) is 0.158. The third kappa shape index (κ3) is 4.89. The lowest BCUT2D eigenvalue weighted by molar-refractivity contribution is -0.118. The van der Waals surface area contributed by atoms with Crippen LogP contribution in [0.5, 0.6) is 5.75 Å². The van der Waals surface area contributed by atoms with Gasteiger partial charge in [0.2, 0.25) is 35.0 Å². The molecule has 1 heterocycles. The molecule has 0 atom stereocenters. The monoisotopic (exact) mass is 491 g/mol. The molecule has 0 spiro atoms. The van der Waals surface area contributed by atoms with Gasteiger partial charge in [-0.05, 0) is 38.1 Å². The van der Waals surface area contributed by atoms with Gasteiger partial charge < -0.3 is 14.6 Å². The van der Waals surface area contributed by atoms with Crippen molar-refractivity contribution >= 4 is 27.5 Å². The van der Waals surface area contributed by atoms with Crippen LogP contribution in [0.25, 0.3) is 0 Å². The maximum absolute atomic E-state index is 13.6. The number of rotatable bonds is 7. The first-order chi connectivity index (χ1) is 15.4. The van der Waals surface area contributed by atoms with Crippen molar-refractivity contribution in [1.29, 1.82) is 0 Å². The molecule has 0 radical (unpaired) electrons. The minimum absolute atomic E-state index is 0.0600. The summed E-state index contributed by atoms with van der Waals surface area (Å²) in [6.45, 7) is 2.14. The summed E-state index contributed by atoms with van der Waals surface area (Å²) in [6.07, 6.45) is 0. The molecule has 0 aliphatic carbocycles. The Morgan fingerprint density at radius 3 is 2.03 bits per heavy atom. The number of halogens is 5. The Balaban J connectivity index is 1.66. The Morgan fingerprint density at radius 1 is 0.970 bits per heavy atom. The molecule has 1 amide bonds. The molecule has 1 aromatic heterocycles. The van der Waals surface area contributed by atoms with Crippen LogP contribution in [0.1, 0.15) is 11.3 Å². The van der Waals surface area contributed by atoms with Crippen LogP contribution in [0.3, 0.4) is 0 Å². The van der Waals surface area contributed by atoms with Crippen LogP contribution in [0.15, 0.2) is 33.7 Å². The molecule has 0 unspecified atom stereocenters. The highest BCUT2D eigenvalue weighted by atomic mass is 32.2. The highest BCUT2D eigenvalue weighted by Gasteiger charge is 2.27. The number of anilines is 2. The van der Waals surface area contributed by atoms with Crippen molar-refractivity contribution in [2.24, 2.45) is 0 Å². The molecule has 0 fully saturated rings. The standard InChI is InChI=1S/C19H14F5N3O5S/c1-8-9(2)26-32-19(8)27-33(29,30)11-5-3-10(4-6-11)25-12(28)7-31-18-16(23)14(21)13(20)15(22)17(18)24/h3-6,27H,7H2,1-2H3,(H,25,28). The van der Waals surface area contributed by atoms with Crippen molar-refractivity contribution in [1.82, 2.24) is 5.16 Å². The predicted octanol–water partition coefficient (Wildman–Crippen LogP) is 3.81. The minimum atomic E-state index is -4.04. The third-order valence-electron chi connectivity index (χ3n) is 4.35. The van der Waals surface area contributed by atoms with Gasteiger partial charge in [0.25, 0.3) is 15.9 Å². The Morgan fingerprint density at radius 2 is 1.52 bits per heavy atom. The van der Waals surface area contributed by atoms with Gasteiger partial charge in [-0.25, -0.2) is 26.3 Å². The maximum Gasteiger partial charge on any atom is 0.264 e. The number of aromatic nitrogens is 1. The van der Waals surface area contributed by atoms with Crippen LogP contribution < -0.4 is 14.8 Å². The number of hydrogen-bond donors (Lipinski definition) is 2. The predicted molar refractivity (Wildman–Crippen MR) is 104 cm³/mol. The molecule has 2 N–H and O–H groups in total. The SMILES string of the molecule is Cc1noc(NS(=O)(=O)c2ccc(NC(=O)COc3c(F)c(F)c(F)c(F)c3F)cc2)c1C. The second kappa shape index (κ2) is 9.05. The van der Waals surface area contributed by atoms with E-state index in [1.807, 2.05) is 0 Å². The van der Waals surface area contributed by atoms with E-state index in [1.165, 1.54) is 12.1 Å². The van der Waals surface area contributed by atoms with Gasteiger partial charge in [-0.1, -0.05) is 5.16 Å². The molecule has 8 nitrogen and oxygen atoms in total. The number of sulfonamides is 1.